The van der Waals surface area contributed by atoms with Crippen LogP contribution in [0.2, 0.25) is 0 Å². The van der Waals surface area contributed by atoms with Crippen LogP contribution < -0.4 is 19.5 Å². The Bertz CT molecular complexity index is 979. The maximum Gasteiger partial charge on any atom is 0.230 e. The van der Waals surface area contributed by atoms with E-state index in [9.17, 15) is 5.11 Å². The molecule has 1 aliphatic heterocycles. The van der Waals surface area contributed by atoms with Crippen LogP contribution in [0.5, 0.6) is 11.5 Å². The number of para-hydroxylation sites is 1. The summed E-state index contributed by atoms with van der Waals surface area (Å²) < 4.78 is 11.7. The zero-order valence-corrected chi connectivity index (χ0v) is 16.4. The lowest BCUT2D eigenvalue weighted by molar-refractivity contribution is 0.125. The third-order valence-electron chi connectivity index (χ3n) is 4.81. The van der Waals surface area contributed by atoms with E-state index in [2.05, 4.69) is 24.0 Å². The SMILES string of the molecule is CCN(c1ccccc1)c1cc2c(cc1SN)-c1cc(CO)ccc1OCO2. The Morgan fingerprint density at radius 3 is 2.46 bits per heavy atom. The van der Waals surface area contributed by atoms with Gasteiger partial charge in [-0.05, 0) is 54.8 Å². The van der Waals surface area contributed by atoms with Gasteiger partial charge in [0.2, 0.25) is 6.79 Å². The summed E-state index contributed by atoms with van der Waals surface area (Å²) in [5, 5.41) is 15.6. The first-order chi connectivity index (χ1) is 13.7. The topological polar surface area (TPSA) is 68.0 Å². The second-order valence-electron chi connectivity index (χ2n) is 6.41. The third kappa shape index (κ3) is 3.42. The molecule has 0 aromatic heterocycles. The summed E-state index contributed by atoms with van der Waals surface area (Å²) in [6, 6.07) is 19.9. The van der Waals surface area contributed by atoms with Crippen LogP contribution in [-0.2, 0) is 6.61 Å². The monoisotopic (exact) mass is 394 g/mol. The molecule has 4 rings (SSSR count). The molecule has 0 bridgehead atoms. The van der Waals surface area contributed by atoms with Crippen molar-refractivity contribution in [1.29, 1.82) is 0 Å². The maximum atomic E-state index is 9.53. The molecule has 0 saturated carbocycles. The van der Waals surface area contributed by atoms with Gasteiger partial charge >= 0.3 is 0 Å². The maximum absolute atomic E-state index is 9.53. The van der Waals surface area contributed by atoms with Crippen LogP contribution >= 0.6 is 11.9 Å². The first-order valence-corrected chi connectivity index (χ1v) is 10.00. The average Bonchev–Trinajstić information content (AvgIpc) is 2.92. The van der Waals surface area contributed by atoms with E-state index >= 15 is 0 Å². The minimum absolute atomic E-state index is 0.0301. The van der Waals surface area contributed by atoms with E-state index in [1.54, 1.807) is 0 Å². The minimum Gasteiger partial charge on any atom is -0.457 e. The number of ether oxygens (including phenoxy) is 2. The fraction of sp³-hybridized carbons (Fsp3) is 0.182. The normalized spacial score (nSPS) is 12.2. The van der Waals surface area contributed by atoms with E-state index in [-0.39, 0.29) is 13.4 Å². The highest BCUT2D eigenvalue weighted by Crippen LogP contribution is 2.45. The summed E-state index contributed by atoms with van der Waals surface area (Å²) in [5.41, 5.74) is 4.70. The quantitative estimate of drug-likeness (QED) is 0.612. The van der Waals surface area contributed by atoms with Crippen LogP contribution in [0.25, 0.3) is 11.1 Å². The molecular formula is C22H22N2O3S. The number of nitrogens with two attached hydrogens (primary N) is 1. The molecule has 3 aromatic carbocycles. The first-order valence-electron chi connectivity index (χ1n) is 9.12. The van der Waals surface area contributed by atoms with Crippen LogP contribution in [-0.4, -0.2) is 18.4 Å². The van der Waals surface area contributed by atoms with Crippen LogP contribution in [0.3, 0.4) is 0 Å². The highest BCUT2D eigenvalue weighted by molar-refractivity contribution is 7.97. The average molecular weight is 394 g/mol. The number of fused-ring (bicyclic) bond motifs is 3. The number of aliphatic hydroxyl groups excluding tert-OH is 1. The van der Waals surface area contributed by atoms with Gasteiger partial charge in [-0.15, -0.1) is 0 Å². The van der Waals surface area contributed by atoms with Crippen molar-refractivity contribution < 1.29 is 14.6 Å². The van der Waals surface area contributed by atoms with Crippen molar-refractivity contribution in [3.05, 3.63) is 66.2 Å². The van der Waals surface area contributed by atoms with Crippen LogP contribution in [0, 0.1) is 0 Å². The van der Waals surface area contributed by atoms with Gasteiger partial charge in [0.15, 0.2) is 0 Å². The number of benzene rings is 3. The zero-order valence-electron chi connectivity index (χ0n) is 15.6. The van der Waals surface area contributed by atoms with Crippen molar-refractivity contribution in [3.8, 4) is 22.6 Å². The van der Waals surface area contributed by atoms with Crippen LogP contribution in [0.1, 0.15) is 12.5 Å². The Morgan fingerprint density at radius 2 is 1.75 bits per heavy atom. The second kappa shape index (κ2) is 8.14. The molecule has 0 fully saturated rings. The van der Waals surface area contributed by atoms with E-state index in [1.807, 2.05) is 48.5 Å². The van der Waals surface area contributed by atoms with Crippen LogP contribution in [0.15, 0.2) is 65.6 Å². The van der Waals surface area contributed by atoms with E-state index in [4.69, 9.17) is 14.6 Å². The fourth-order valence-electron chi connectivity index (χ4n) is 3.45. The highest BCUT2D eigenvalue weighted by Gasteiger charge is 2.22. The smallest absolute Gasteiger partial charge is 0.230 e. The number of rotatable bonds is 5. The second-order valence-corrected chi connectivity index (χ2v) is 7.08. The molecule has 6 heteroatoms. The molecular weight excluding hydrogens is 372 g/mol. The van der Waals surface area contributed by atoms with Gasteiger partial charge in [-0.3, -0.25) is 5.14 Å². The number of nitrogens with zero attached hydrogens (tertiary/aromatic N) is 1. The van der Waals surface area contributed by atoms with Crippen molar-refractivity contribution in [2.75, 3.05) is 18.2 Å². The van der Waals surface area contributed by atoms with Crippen molar-refractivity contribution >= 4 is 23.3 Å². The molecule has 0 amide bonds. The Hall–Kier alpha value is -2.67. The molecule has 0 saturated heterocycles. The standard InChI is InChI=1S/C22H22N2O3S/c1-2-24(16-6-4-3-5-7-16)19-12-21-18(11-22(19)28-23)17-10-15(13-25)8-9-20(17)26-14-27-21/h3-12,25H,2,13-14,23H2,1H3. The number of hydrogen-bond donors (Lipinski definition) is 2. The minimum atomic E-state index is -0.0301. The van der Waals surface area contributed by atoms with E-state index < -0.39 is 0 Å². The molecule has 1 heterocycles. The van der Waals surface area contributed by atoms with E-state index in [0.29, 0.717) is 0 Å². The molecule has 0 aliphatic carbocycles. The van der Waals surface area contributed by atoms with Gasteiger partial charge in [-0.1, -0.05) is 24.3 Å². The van der Waals surface area contributed by atoms with Gasteiger partial charge in [0.1, 0.15) is 11.5 Å². The zero-order chi connectivity index (χ0) is 19.5. The molecule has 144 valence electrons. The Labute approximate surface area is 168 Å². The predicted octanol–water partition coefficient (Wildman–Crippen LogP) is 4.70. The molecule has 1 aliphatic rings. The Balaban J connectivity index is 1.88. The van der Waals surface area contributed by atoms with Gasteiger partial charge in [0.05, 0.1) is 12.3 Å². The predicted molar refractivity (Wildman–Crippen MR) is 113 cm³/mol. The lowest BCUT2D eigenvalue weighted by atomic mass is 10.00. The summed E-state index contributed by atoms with van der Waals surface area (Å²) in [4.78, 5) is 3.14. The van der Waals surface area contributed by atoms with Gasteiger partial charge < -0.3 is 19.5 Å². The lowest BCUT2D eigenvalue weighted by Gasteiger charge is -2.26. The van der Waals surface area contributed by atoms with Gasteiger partial charge in [-0.2, -0.15) is 0 Å². The molecule has 28 heavy (non-hydrogen) atoms. The van der Waals surface area contributed by atoms with Crippen molar-refractivity contribution in [3.63, 3.8) is 0 Å². The summed E-state index contributed by atoms with van der Waals surface area (Å²) >= 11 is 1.21. The largest absolute Gasteiger partial charge is 0.457 e. The molecule has 0 radical (unpaired) electrons. The van der Waals surface area contributed by atoms with Crippen molar-refractivity contribution in [2.24, 2.45) is 5.14 Å². The number of hydrogen-bond acceptors (Lipinski definition) is 6. The first kappa shape index (κ1) is 18.7. The molecule has 0 atom stereocenters. The molecule has 5 nitrogen and oxygen atoms in total. The Morgan fingerprint density at radius 1 is 1.00 bits per heavy atom. The van der Waals surface area contributed by atoms with Gasteiger partial charge in [-0.25, -0.2) is 0 Å². The number of anilines is 2. The summed E-state index contributed by atoms with van der Waals surface area (Å²) in [5.74, 6) is 1.46. The highest BCUT2D eigenvalue weighted by atomic mass is 32.2. The van der Waals surface area contributed by atoms with Gasteiger partial charge in [0.25, 0.3) is 0 Å². The summed E-state index contributed by atoms with van der Waals surface area (Å²) in [6.07, 6.45) is 0. The van der Waals surface area contributed by atoms with Gasteiger partial charge in [0, 0.05) is 34.3 Å². The molecule has 0 spiro atoms. The summed E-state index contributed by atoms with van der Waals surface area (Å²) in [6.45, 7) is 3.00. The lowest BCUT2D eigenvalue weighted by Crippen LogP contribution is -2.17. The van der Waals surface area contributed by atoms with Crippen LogP contribution in [0.4, 0.5) is 11.4 Å². The van der Waals surface area contributed by atoms with Crippen molar-refractivity contribution in [2.45, 2.75) is 18.4 Å². The number of aliphatic hydroxyl groups is 1. The van der Waals surface area contributed by atoms with E-state index in [1.165, 1.54) is 11.9 Å². The molecule has 3 aromatic rings. The third-order valence-corrected chi connectivity index (χ3v) is 5.39. The van der Waals surface area contributed by atoms with E-state index in [0.717, 1.165) is 51.0 Å². The molecule has 0 unspecified atom stereocenters. The summed E-state index contributed by atoms with van der Waals surface area (Å²) in [7, 11) is 0. The fourth-order valence-corrected chi connectivity index (χ4v) is 3.93. The molecule has 3 N–H and O–H groups in total. The van der Waals surface area contributed by atoms with Crippen molar-refractivity contribution in [1.82, 2.24) is 0 Å². The Kier molecular flexibility index (Phi) is 5.43.